The molecular weight excluding hydrogens is 406 g/mol. The molecule has 2 heterocycles. The first-order valence-corrected chi connectivity index (χ1v) is 9.82. The van der Waals surface area contributed by atoms with Gasteiger partial charge in [0.1, 0.15) is 13.2 Å². The van der Waals surface area contributed by atoms with Crippen LogP contribution in [0.2, 0.25) is 5.02 Å². The zero-order valence-electron chi connectivity index (χ0n) is 16.5. The number of rotatable bonds is 4. The molecule has 0 unspecified atom stereocenters. The SMILES string of the molecule is Cc1ccc(C)c(NC(=O)CN2C(=O)N[C@@H](c3ccc(Cl)cc3)C3=C2COC3=O)c1. The molecule has 0 bridgehead atoms. The minimum absolute atomic E-state index is 0.0531. The van der Waals surface area contributed by atoms with Crippen molar-refractivity contribution < 1.29 is 19.1 Å². The highest BCUT2D eigenvalue weighted by molar-refractivity contribution is 6.30. The maximum Gasteiger partial charge on any atom is 0.338 e. The maximum absolute atomic E-state index is 12.8. The number of urea groups is 1. The first-order valence-electron chi connectivity index (χ1n) is 9.44. The number of cyclic esters (lactones) is 1. The molecule has 0 fully saturated rings. The van der Waals surface area contributed by atoms with Crippen LogP contribution in [0.15, 0.2) is 53.7 Å². The van der Waals surface area contributed by atoms with Crippen molar-refractivity contribution in [1.82, 2.24) is 10.2 Å². The Balaban J connectivity index is 1.59. The second-order valence-corrected chi connectivity index (χ2v) is 7.76. The van der Waals surface area contributed by atoms with Crippen LogP contribution < -0.4 is 10.6 Å². The van der Waals surface area contributed by atoms with E-state index >= 15 is 0 Å². The van der Waals surface area contributed by atoms with E-state index in [1.807, 2.05) is 32.0 Å². The Hall–Kier alpha value is -3.32. The third kappa shape index (κ3) is 3.76. The van der Waals surface area contributed by atoms with Gasteiger partial charge in [0, 0.05) is 10.7 Å². The summed E-state index contributed by atoms with van der Waals surface area (Å²) in [6, 6.07) is 11.5. The summed E-state index contributed by atoms with van der Waals surface area (Å²) < 4.78 is 5.18. The van der Waals surface area contributed by atoms with Gasteiger partial charge in [0.05, 0.1) is 17.3 Å². The number of amides is 3. The molecule has 0 saturated heterocycles. The molecule has 0 radical (unpaired) electrons. The molecule has 1 atom stereocenters. The van der Waals surface area contributed by atoms with Gasteiger partial charge in [-0.05, 0) is 48.7 Å². The van der Waals surface area contributed by atoms with Crippen LogP contribution >= 0.6 is 11.6 Å². The van der Waals surface area contributed by atoms with Crippen LogP contribution in [-0.4, -0.2) is 36.0 Å². The quantitative estimate of drug-likeness (QED) is 0.734. The van der Waals surface area contributed by atoms with Crippen molar-refractivity contribution in [3.8, 4) is 0 Å². The molecule has 0 saturated carbocycles. The molecule has 8 heteroatoms. The molecule has 2 aromatic carbocycles. The van der Waals surface area contributed by atoms with Crippen LogP contribution in [0.1, 0.15) is 22.7 Å². The Kier molecular flexibility index (Phi) is 5.22. The fourth-order valence-corrected chi connectivity index (χ4v) is 3.71. The van der Waals surface area contributed by atoms with E-state index in [4.69, 9.17) is 16.3 Å². The first kappa shape index (κ1) is 20.0. The number of aryl methyl sites for hydroxylation is 2. The molecule has 0 spiro atoms. The van der Waals surface area contributed by atoms with E-state index in [1.54, 1.807) is 24.3 Å². The molecule has 154 valence electrons. The average molecular weight is 426 g/mol. The number of benzene rings is 2. The number of ether oxygens (including phenoxy) is 1. The number of hydrogen-bond acceptors (Lipinski definition) is 4. The highest BCUT2D eigenvalue weighted by Crippen LogP contribution is 2.35. The van der Waals surface area contributed by atoms with Gasteiger partial charge in [-0.25, -0.2) is 9.59 Å². The Morgan fingerprint density at radius 2 is 1.93 bits per heavy atom. The Labute approximate surface area is 178 Å². The van der Waals surface area contributed by atoms with E-state index in [2.05, 4.69) is 10.6 Å². The van der Waals surface area contributed by atoms with Gasteiger partial charge < -0.3 is 15.4 Å². The minimum Gasteiger partial charge on any atom is -0.456 e. The second-order valence-electron chi connectivity index (χ2n) is 7.32. The third-order valence-corrected chi connectivity index (χ3v) is 5.42. The van der Waals surface area contributed by atoms with Gasteiger partial charge in [0.25, 0.3) is 0 Å². The highest BCUT2D eigenvalue weighted by atomic mass is 35.5. The highest BCUT2D eigenvalue weighted by Gasteiger charge is 2.42. The summed E-state index contributed by atoms with van der Waals surface area (Å²) in [5.74, 6) is -0.875. The maximum atomic E-state index is 12.8. The second kappa shape index (κ2) is 7.84. The molecule has 2 N–H and O–H groups in total. The predicted molar refractivity (Wildman–Crippen MR) is 112 cm³/mol. The number of carbonyl (C=O) groups is 3. The van der Waals surface area contributed by atoms with E-state index < -0.39 is 18.0 Å². The largest absolute Gasteiger partial charge is 0.456 e. The number of carbonyl (C=O) groups excluding carboxylic acids is 3. The fourth-order valence-electron chi connectivity index (χ4n) is 3.59. The van der Waals surface area contributed by atoms with Gasteiger partial charge in [-0.1, -0.05) is 35.9 Å². The lowest BCUT2D eigenvalue weighted by molar-refractivity contribution is -0.136. The molecular formula is C22H20ClN3O4. The fraction of sp³-hybridized carbons (Fsp3) is 0.227. The summed E-state index contributed by atoms with van der Waals surface area (Å²) in [6.07, 6.45) is 0. The van der Waals surface area contributed by atoms with Gasteiger partial charge >= 0.3 is 12.0 Å². The van der Waals surface area contributed by atoms with Crippen molar-refractivity contribution in [2.75, 3.05) is 18.5 Å². The lowest BCUT2D eigenvalue weighted by atomic mass is 9.96. The lowest BCUT2D eigenvalue weighted by Gasteiger charge is -2.32. The summed E-state index contributed by atoms with van der Waals surface area (Å²) in [6.45, 7) is 3.54. The summed E-state index contributed by atoms with van der Waals surface area (Å²) in [4.78, 5) is 39.1. The van der Waals surface area contributed by atoms with Crippen molar-refractivity contribution in [2.45, 2.75) is 19.9 Å². The molecule has 2 aromatic rings. The van der Waals surface area contributed by atoms with E-state index in [0.717, 1.165) is 11.1 Å². The number of nitrogens with one attached hydrogen (secondary N) is 2. The lowest BCUT2D eigenvalue weighted by Crippen LogP contribution is -2.49. The smallest absolute Gasteiger partial charge is 0.338 e. The van der Waals surface area contributed by atoms with Gasteiger partial charge in [-0.2, -0.15) is 0 Å². The molecule has 30 heavy (non-hydrogen) atoms. The molecule has 0 aliphatic carbocycles. The number of esters is 1. The van der Waals surface area contributed by atoms with Crippen molar-refractivity contribution in [2.24, 2.45) is 0 Å². The average Bonchev–Trinajstić information content (AvgIpc) is 3.09. The number of anilines is 1. The van der Waals surface area contributed by atoms with Gasteiger partial charge in [0.2, 0.25) is 5.91 Å². The molecule has 4 rings (SSSR count). The van der Waals surface area contributed by atoms with Crippen molar-refractivity contribution in [3.05, 3.63) is 75.4 Å². The monoisotopic (exact) mass is 425 g/mol. The molecule has 0 aromatic heterocycles. The van der Waals surface area contributed by atoms with Crippen LogP contribution in [0.3, 0.4) is 0 Å². The van der Waals surface area contributed by atoms with Crippen LogP contribution in [0, 0.1) is 13.8 Å². The zero-order valence-corrected chi connectivity index (χ0v) is 17.2. The predicted octanol–water partition coefficient (Wildman–Crippen LogP) is 3.47. The third-order valence-electron chi connectivity index (χ3n) is 5.17. The van der Waals surface area contributed by atoms with Crippen LogP contribution in [0.25, 0.3) is 0 Å². The Morgan fingerprint density at radius 3 is 2.67 bits per heavy atom. The summed E-state index contributed by atoms with van der Waals surface area (Å²) in [5.41, 5.74) is 4.05. The van der Waals surface area contributed by atoms with Gasteiger partial charge in [-0.3, -0.25) is 9.69 Å². The van der Waals surface area contributed by atoms with Crippen LogP contribution in [0.4, 0.5) is 10.5 Å². The normalized spacial score (nSPS) is 18.1. The Bertz CT molecular complexity index is 1080. The van der Waals surface area contributed by atoms with Crippen molar-refractivity contribution in [3.63, 3.8) is 0 Å². The Morgan fingerprint density at radius 1 is 1.20 bits per heavy atom. The molecule has 2 aliphatic rings. The van der Waals surface area contributed by atoms with Crippen LogP contribution in [0.5, 0.6) is 0 Å². The van der Waals surface area contributed by atoms with E-state index in [9.17, 15) is 14.4 Å². The summed E-state index contributed by atoms with van der Waals surface area (Å²) in [7, 11) is 0. The number of nitrogens with zero attached hydrogens (tertiary/aromatic N) is 1. The van der Waals surface area contributed by atoms with Crippen LogP contribution in [-0.2, 0) is 14.3 Å². The first-order chi connectivity index (χ1) is 14.3. The summed E-state index contributed by atoms with van der Waals surface area (Å²) in [5, 5.41) is 6.18. The van der Waals surface area contributed by atoms with Crippen molar-refractivity contribution in [1.29, 1.82) is 0 Å². The minimum atomic E-state index is -0.655. The van der Waals surface area contributed by atoms with E-state index in [0.29, 0.717) is 27.5 Å². The van der Waals surface area contributed by atoms with E-state index in [1.165, 1.54) is 4.90 Å². The standard InChI is InChI=1S/C22H20ClN3O4/c1-12-3-4-13(2)16(9-12)24-18(27)10-26-17-11-30-21(28)19(17)20(25-22(26)29)14-5-7-15(23)8-6-14/h3-9,20H,10-11H2,1-2H3,(H,24,27)(H,25,29)/t20-/m0/s1. The van der Waals surface area contributed by atoms with Gasteiger partial charge in [-0.15, -0.1) is 0 Å². The van der Waals surface area contributed by atoms with Crippen molar-refractivity contribution >= 4 is 35.2 Å². The molecule has 7 nitrogen and oxygen atoms in total. The zero-order chi connectivity index (χ0) is 21.4. The number of halogens is 1. The topological polar surface area (TPSA) is 87.7 Å². The molecule has 3 amide bonds. The summed E-state index contributed by atoms with van der Waals surface area (Å²) >= 11 is 5.94. The van der Waals surface area contributed by atoms with E-state index in [-0.39, 0.29) is 19.1 Å². The van der Waals surface area contributed by atoms with Gasteiger partial charge in [0.15, 0.2) is 0 Å². The number of hydrogen-bond donors (Lipinski definition) is 2. The molecule has 2 aliphatic heterocycles.